The van der Waals surface area contributed by atoms with E-state index in [0.29, 0.717) is 24.4 Å². The van der Waals surface area contributed by atoms with Crippen molar-refractivity contribution in [2.24, 2.45) is 5.73 Å². The highest BCUT2D eigenvalue weighted by atomic mass is 32.1. The number of nitrogens with two attached hydrogens (primary N) is 1. The van der Waals surface area contributed by atoms with E-state index < -0.39 is 0 Å². The van der Waals surface area contributed by atoms with Gasteiger partial charge in [-0.25, -0.2) is 0 Å². The summed E-state index contributed by atoms with van der Waals surface area (Å²) >= 11 is 4.76. The molecule has 0 saturated carbocycles. The third kappa shape index (κ3) is 3.24. The van der Waals surface area contributed by atoms with Gasteiger partial charge in [0.15, 0.2) is 0 Å². The van der Waals surface area contributed by atoms with Crippen molar-refractivity contribution >= 4 is 29.0 Å². The van der Waals surface area contributed by atoms with Crippen LogP contribution in [0.15, 0.2) is 0 Å². The van der Waals surface area contributed by atoms with Gasteiger partial charge in [0.1, 0.15) is 0 Å². The van der Waals surface area contributed by atoms with Crippen molar-refractivity contribution in [2.75, 3.05) is 13.1 Å². The molecule has 2 amide bonds. The van der Waals surface area contributed by atoms with E-state index in [2.05, 4.69) is 5.32 Å². The topological polar surface area (TPSA) is 75.4 Å². The van der Waals surface area contributed by atoms with Gasteiger partial charge in [0.2, 0.25) is 11.8 Å². The van der Waals surface area contributed by atoms with Crippen LogP contribution in [0.25, 0.3) is 0 Å². The average Bonchev–Trinajstić information content (AvgIpc) is 2.13. The van der Waals surface area contributed by atoms with Gasteiger partial charge < -0.3 is 5.73 Å². The van der Waals surface area contributed by atoms with E-state index in [1.54, 1.807) is 0 Å². The van der Waals surface area contributed by atoms with Crippen molar-refractivity contribution in [3.05, 3.63) is 0 Å². The largest absolute Gasteiger partial charge is 0.393 e. The number of nitrogens with zero attached hydrogens (tertiary/aromatic N) is 1. The lowest BCUT2D eigenvalue weighted by Gasteiger charge is -2.33. The third-order valence-corrected chi connectivity index (χ3v) is 2.59. The zero-order valence-electron chi connectivity index (χ0n) is 8.66. The molecule has 0 aromatic carbocycles. The molecule has 15 heavy (non-hydrogen) atoms. The highest BCUT2D eigenvalue weighted by molar-refractivity contribution is 7.80. The highest BCUT2D eigenvalue weighted by Gasteiger charge is 2.31. The van der Waals surface area contributed by atoms with Crippen LogP contribution in [0.2, 0.25) is 0 Å². The van der Waals surface area contributed by atoms with Crippen LogP contribution in [0.5, 0.6) is 0 Å². The minimum absolute atomic E-state index is 0.225. The fraction of sp³-hybridized carbons (Fsp3) is 0.667. The maximum absolute atomic E-state index is 11.5. The second kappa shape index (κ2) is 5.18. The Balaban J connectivity index is 2.61. The normalized spacial score (nSPS) is 22.6. The second-order valence-electron chi connectivity index (χ2n) is 3.52. The lowest BCUT2D eigenvalue weighted by atomic mass is 10.1. The van der Waals surface area contributed by atoms with Crippen LogP contribution in [0, 0.1) is 0 Å². The smallest absolute Gasteiger partial charge is 0.243 e. The zero-order chi connectivity index (χ0) is 11.4. The molecule has 6 heteroatoms. The number of imide groups is 1. The van der Waals surface area contributed by atoms with Gasteiger partial charge in [0.05, 0.1) is 17.6 Å². The Bertz CT molecular complexity index is 293. The molecule has 3 N–H and O–H groups in total. The molecule has 1 unspecified atom stereocenters. The summed E-state index contributed by atoms with van der Waals surface area (Å²) in [5, 5.41) is 2.31. The maximum atomic E-state index is 11.5. The summed E-state index contributed by atoms with van der Waals surface area (Å²) in [7, 11) is 0. The predicted octanol–water partition coefficient (Wildman–Crippen LogP) is -0.600. The van der Waals surface area contributed by atoms with Crippen molar-refractivity contribution in [3.63, 3.8) is 0 Å². The molecule has 1 saturated heterocycles. The molecule has 1 atom stereocenters. The Morgan fingerprint density at radius 3 is 2.87 bits per heavy atom. The molecule has 1 aliphatic rings. The fourth-order valence-corrected chi connectivity index (χ4v) is 1.74. The van der Waals surface area contributed by atoms with E-state index in [0.717, 1.165) is 0 Å². The van der Waals surface area contributed by atoms with Gasteiger partial charge >= 0.3 is 0 Å². The highest BCUT2D eigenvalue weighted by Crippen LogP contribution is 2.09. The van der Waals surface area contributed by atoms with E-state index in [1.165, 1.54) is 0 Å². The molecule has 0 aliphatic carbocycles. The average molecular weight is 229 g/mol. The Morgan fingerprint density at radius 1 is 1.67 bits per heavy atom. The van der Waals surface area contributed by atoms with Gasteiger partial charge in [-0.3, -0.25) is 19.8 Å². The second-order valence-corrected chi connectivity index (χ2v) is 4.05. The van der Waals surface area contributed by atoms with Crippen molar-refractivity contribution in [1.82, 2.24) is 10.2 Å². The summed E-state index contributed by atoms with van der Waals surface area (Å²) in [6.45, 7) is 2.72. The Hall–Kier alpha value is -1.01. The lowest BCUT2D eigenvalue weighted by molar-refractivity contribution is -0.140. The van der Waals surface area contributed by atoms with Crippen LogP contribution in [0.1, 0.15) is 19.8 Å². The van der Waals surface area contributed by atoms with Gasteiger partial charge in [-0.2, -0.15) is 0 Å². The summed E-state index contributed by atoms with van der Waals surface area (Å²) in [5.74, 6) is -0.482. The summed E-state index contributed by atoms with van der Waals surface area (Å²) < 4.78 is 0. The zero-order valence-corrected chi connectivity index (χ0v) is 9.47. The maximum Gasteiger partial charge on any atom is 0.243 e. The van der Waals surface area contributed by atoms with Crippen LogP contribution in [0.4, 0.5) is 0 Å². The van der Waals surface area contributed by atoms with Crippen molar-refractivity contribution in [3.8, 4) is 0 Å². The number of piperazine rings is 1. The molecule has 5 nitrogen and oxygen atoms in total. The first-order chi connectivity index (χ1) is 7.04. The summed E-state index contributed by atoms with van der Waals surface area (Å²) in [6.07, 6.45) is 1.21. The number of rotatable bonds is 4. The molecule has 1 fully saturated rings. The van der Waals surface area contributed by atoms with E-state index in [4.69, 9.17) is 18.0 Å². The van der Waals surface area contributed by atoms with Crippen LogP contribution in [-0.2, 0) is 9.59 Å². The predicted molar refractivity (Wildman–Crippen MR) is 60.2 cm³/mol. The fourth-order valence-electron chi connectivity index (χ4n) is 1.65. The number of hydrogen-bond donors (Lipinski definition) is 2. The number of amides is 2. The van der Waals surface area contributed by atoms with Gasteiger partial charge in [0, 0.05) is 13.0 Å². The number of carbonyl (C=O) groups excluding carboxylic acids is 2. The molecule has 1 aliphatic heterocycles. The van der Waals surface area contributed by atoms with Crippen LogP contribution >= 0.6 is 12.2 Å². The first-order valence-electron chi connectivity index (χ1n) is 4.90. The number of carbonyl (C=O) groups is 2. The Labute approximate surface area is 94.0 Å². The van der Waals surface area contributed by atoms with E-state index in [9.17, 15) is 9.59 Å². The van der Waals surface area contributed by atoms with Gasteiger partial charge in [-0.15, -0.1) is 0 Å². The van der Waals surface area contributed by atoms with Gasteiger partial charge in [-0.1, -0.05) is 19.1 Å². The van der Waals surface area contributed by atoms with Gasteiger partial charge in [-0.05, 0) is 6.42 Å². The molecule has 1 heterocycles. The molecular formula is C9H15N3O2S. The molecule has 0 bridgehead atoms. The summed E-state index contributed by atoms with van der Waals surface area (Å²) in [5.41, 5.74) is 5.39. The van der Waals surface area contributed by atoms with Crippen molar-refractivity contribution in [2.45, 2.75) is 25.8 Å². The summed E-state index contributed by atoms with van der Waals surface area (Å²) in [4.78, 5) is 24.8. The summed E-state index contributed by atoms with van der Waals surface area (Å²) in [6, 6.07) is -0.239. The molecule has 1 rings (SSSR count). The van der Waals surface area contributed by atoms with Crippen LogP contribution in [0.3, 0.4) is 0 Å². The molecule has 0 radical (unpaired) electrons. The number of nitrogens with one attached hydrogen (secondary N) is 1. The van der Waals surface area contributed by atoms with E-state index in [-0.39, 0.29) is 24.4 Å². The molecule has 0 aromatic rings. The number of thiocarbonyl (C=S) groups is 1. The first-order valence-corrected chi connectivity index (χ1v) is 5.31. The number of hydrogen-bond acceptors (Lipinski definition) is 4. The Kier molecular flexibility index (Phi) is 4.16. The minimum atomic E-state index is -0.257. The molecular weight excluding hydrogens is 214 g/mol. The Morgan fingerprint density at radius 2 is 2.33 bits per heavy atom. The van der Waals surface area contributed by atoms with E-state index in [1.807, 2.05) is 11.8 Å². The molecule has 84 valence electrons. The van der Waals surface area contributed by atoms with Crippen molar-refractivity contribution in [1.29, 1.82) is 0 Å². The minimum Gasteiger partial charge on any atom is -0.393 e. The molecule has 0 aromatic heterocycles. The van der Waals surface area contributed by atoms with Crippen molar-refractivity contribution < 1.29 is 9.59 Å². The molecule has 0 spiro atoms. The monoisotopic (exact) mass is 229 g/mol. The quantitative estimate of drug-likeness (QED) is 0.497. The SMILES string of the molecule is CCC1C(=O)NC(=O)CN1CCC(N)=S. The van der Waals surface area contributed by atoms with E-state index >= 15 is 0 Å². The first kappa shape index (κ1) is 12.1. The van der Waals surface area contributed by atoms with Crippen LogP contribution < -0.4 is 11.1 Å². The third-order valence-electron chi connectivity index (χ3n) is 2.38. The van der Waals surface area contributed by atoms with Crippen LogP contribution in [-0.4, -0.2) is 40.8 Å². The van der Waals surface area contributed by atoms with Gasteiger partial charge in [0.25, 0.3) is 0 Å². The standard InChI is InChI=1S/C9H15N3O2S/c1-2-6-9(14)11-8(13)5-12(6)4-3-7(10)15/h6H,2-5H2,1H3,(H2,10,15)(H,11,13,14). The lowest BCUT2D eigenvalue weighted by Crippen LogP contribution is -2.58.